The average Bonchev–Trinajstić information content (AvgIpc) is 2.82. The van der Waals surface area contributed by atoms with E-state index in [1.165, 1.54) is 17.0 Å². The lowest BCUT2D eigenvalue weighted by molar-refractivity contribution is -0.137. The zero-order valence-corrected chi connectivity index (χ0v) is 19.9. The van der Waals surface area contributed by atoms with Crippen LogP contribution in [0.25, 0.3) is 11.1 Å². The van der Waals surface area contributed by atoms with Crippen LogP contribution in [0, 0.1) is 6.92 Å². The van der Waals surface area contributed by atoms with Crippen molar-refractivity contribution in [1.29, 1.82) is 0 Å². The Morgan fingerprint density at radius 3 is 2.17 bits per heavy atom. The molecule has 5 nitrogen and oxygen atoms in total. The maximum Gasteiger partial charge on any atom is 0.416 e. The number of carbonyl (C=O) groups excluding carboxylic acids is 2. The van der Waals surface area contributed by atoms with Crippen LogP contribution in [0.15, 0.2) is 66.7 Å². The number of anilines is 1. The fraction of sp³-hybridized carbons (Fsp3) is 0.259. The summed E-state index contributed by atoms with van der Waals surface area (Å²) in [4.78, 5) is 26.1. The molecule has 3 aromatic rings. The fourth-order valence-electron chi connectivity index (χ4n) is 3.67. The first-order chi connectivity index (χ1) is 16.6. The molecule has 0 saturated heterocycles. The van der Waals surface area contributed by atoms with E-state index in [1.54, 1.807) is 38.4 Å². The average molecular weight is 484 g/mol. The number of carbonyl (C=O) groups is 2. The Balaban J connectivity index is 1.68. The minimum absolute atomic E-state index is 0.130. The number of nitrogens with zero attached hydrogens (tertiary/aromatic N) is 1. The van der Waals surface area contributed by atoms with Crippen LogP contribution in [-0.2, 0) is 12.6 Å². The minimum Gasteiger partial charge on any atom is -0.338 e. The van der Waals surface area contributed by atoms with Crippen LogP contribution in [0.5, 0.6) is 0 Å². The summed E-state index contributed by atoms with van der Waals surface area (Å²) in [7, 11) is 3.37. The quantitative estimate of drug-likeness (QED) is 0.397. The number of rotatable bonds is 7. The molecule has 0 bridgehead atoms. The normalized spacial score (nSPS) is 11.1. The smallest absolute Gasteiger partial charge is 0.338 e. The van der Waals surface area contributed by atoms with Crippen LogP contribution < -0.4 is 10.6 Å². The molecule has 0 spiro atoms. The molecule has 0 aliphatic rings. The number of benzene rings is 3. The molecule has 0 radical (unpaired) electrons. The van der Waals surface area contributed by atoms with Crippen LogP contribution in [0.4, 0.5) is 23.7 Å². The molecule has 184 valence electrons. The molecule has 3 amide bonds. The van der Waals surface area contributed by atoms with Crippen molar-refractivity contribution >= 4 is 17.6 Å². The fourth-order valence-corrected chi connectivity index (χ4v) is 3.67. The molecule has 2 N–H and O–H groups in total. The van der Waals surface area contributed by atoms with Crippen molar-refractivity contribution in [2.45, 2.75) is 25.9 Å². The molecule has 0 unspecified atom stereocenters. The lowest BCUT2D eigenvalue weighted by Crippen LogP contribution is -2.35. The molecule has 0 aliphatic carbocycles. The van der Waals surface area contributed by atoms with Crippen LogP contribution in [0.3, 0.4) is 0 Å². The molecule has 3 rings (SSSR count). The molecule has 0 heterocycles. The summed E-state index contributed by atoms with van der Waals surface area (Å²) in [6, 6.07) is 17.3. The number of urea groups is 1. The van der Waals surface area contributed by atoms with Gasteiger partial charge < -0.3 is 15.5 Å². The molecule has 0 aliphatic heterocycles. The number of nitrogens with one attached hydrogen (secondary N) is 2. The van der Waals surface area contributed by atoms with E-state index in [1.807, 2.05) is 25.1 Å². The zero-order valence-electron chi connectivity index (χ0n) is 19.9. The molecule has 0 atom stereocenters. The van der Waals surface area contributed by atoms with Gasteiger partial charge >= 0.3 is 12.2 Å². The minimum atomic E-state index is -4.42. The van der Waals surface area contributed by atoms with Gasteiger partial charge in [-0.3, -0.25) is 4.79 Å². The Bertz CT molecular complexity index is 1170. The third-order valence-corrected chi connectivity index (χ3v) is 5.55. The summed E-state index contributed by atoms with van der Waals surface area (Å²) in [6.45, 7) is 2.38. The third-order valence-electron chi connectivity index (χ3n) is 5.55. The Kier molecular flexibility index (Phi) is 8.17. The third kappa shape index (κ3) is 6.85. The predicted octanol–water partition coefficient (Wildman–Crippen LogP) is 6.14. The largest absolute Gasteiger partial charge is 0.416 e. The Labute approximate surface area is 203 Å². The molecule has 0 saturated carbocycles. The molecule has 3 aromatic carbocycles. The highest BCUT2D eigenvalue weighted by Gasteiger charge is 2.30. The van der Waals surface area contributed by atoms with E-state index in [9.17, 15) is 22.8 Å². The molecule has 35 heavy (non-hydrogen) atoms. The number of amides is 3. The van der Waals surface area contributed by atoms with Gasteiger partial charge in [0.2, 0.25) is 0 Å². The number of hydrogen-bond acceptors (Lipinski definition) is 2. The molecule has 0 aromatic heterocycles. The highest BCUT2D eigenvalue weighted by Crippen LogP contribution is 2.33. The Morgan fingerprint density at radius 2 is 1.57 bits per heavy atom. The molecular weight excluding hydrogens is 455 g/mol. The standard InChI is InChI=1S/C27H28F3N3O2/c1-18-6-4-8-23(24(18)20-11-13-21(14-12-20)27(28,29)30)25(34)32-22-15-9-19(10-16-22)7-5-17-31-26(35)33(2)3/h4,6,8-16H,5,7,17H2,1-3H3,(H,31,35)(H,32,34). The van der Waals surface area contributed by atoms with Crippen molar-refractivity contribution in [3.63, 3.8) is 0 Å². The van der Waals surface area contributed by atoms with E-state index in [-0.39, 0.29) is 11.9 Å². The topological polar surface area (TPSA) is 61.4 Å². The SMILES string of the molecule is Cc1cccc(C(=O)Nc2ccc(CCCNC(=O)N(C)C)cc2)c1-c1ccc(C(F)(F)F)cc1. The highest BCUT2D eigenvalue weighted by molar-refractivity contribution is 6.09. The molecule has 8 heteroatoms. The van der Waals surface area contributed by atoms with Crippen molar-refractivity contribution in [2.75, 3.05) is 26.0 Å². The number of aryl methyl sites for hydroxylation is 2. The van der Waals surface area contributed by atoms with E-state index in [0.717, 1.165) is 36.1 Å². The number of hydrogen-bond donors (Lipinski definition) is 2. The van der Waals surface area contributed by atoms with Gasteiger partial charge in [-0.05, 0) is 72.4 Å². The van der Waals surface area contributed by atoms with Crippen molar-refractivity contribution < 1.29 is 22.8 Å². The highest BCUT2D eigenvalue weighted by atomic mass is 19.4. The van der Waals surface area contributed by atoms with Gasteiger partial charge in [0.25, 0.3) is 5.91 Å². The number of halogens is 3. The van der Waals surface area contributed by atoms with Gasteiger partial charge in [-0.15, -0.1) is 0 Å². The van der Waals surface area contributed by atoms with Crippen LogP contribution in [0.1, 0.15) is 33.5 Å². The van der Waals surface area contributed by atoms with E-state index >= 15 is 0 Å². The maximum atomic E-state index is 13.1. The maximum absolute atomic E-state index is 13.1. The van der Waals surface area contributed by atoms with Gasteiger partial charge in [-0.25, -0.2) is 4.79 Å². The van der Waals surface area contributed by atoms with Crippen LogP contribution >= 0.6 is 0 Å². The van der Waals surface area contributed by atoms with Gasteiger partial charge in [0, 0.05) is 31.9 Å². The van der Waals surface area contributed by atoms with Crippen LogP contribution in [0.2, 0.25) is 0 Å². The Morgan fingerprint density at radius 1 is 0.914 bits per heavy atom. The summed E-state index contributed by atoms with van der Waals surface area (Å²) < 4.78 is 38.8. The molecular formula is C27H28F3N3O2. The summed E-state index contributed by atoms with van der Waals surface area (Å²) in [6.07, 6.45) is -2.86. The second kappa shape index (κ2) is 11.1. The van der Waals surface area contributed by atoms with Gasteiger partial charge in [0.1, 0.15) is 0 Å². The van der Waals surface area contributed by atoms with Crippen molar-refractivity contribution in [3.05, 3.63) is 89.0 Å². The summed E-state index contributed by atoms with van der Waals surface area (Å²) in [5, 5.41) is 5.69. The number of alkyl halides is 3. The van der Waals surface area contributed by atoms with Crippen molar-refractivity contribution in [1.82, 2.24) is 10.2 Å². The summed E-state index contributed by atoms with van der Waals surface area (Å²) in [5.41, 5.74) is 3.25. The lowest BCUT2D eigenvalue weighted by Gasteiger charge is -2.15. The molecule has 0 fully saturated rings. The van der Waals surface area contributed by atoms with Crippen molar-refractivity contribution in [2.24, 2.45) is 0 Å². The monoisotopic (exact) mass is 483 g/mol. The Hall–Kier alpha value is -3.81. The van der Waals surface area contributed by atoms with Crippen molar-refractivity contribution in [3.8, 4) is 11.1 Å². The second-order valence-corrected chi connectivity index (χ2v) is 8.45. The predicted molar refractivity (Wildman–Crippen MR) is 131 cm³/mol. The van der Waals surface area contributed by atoms with Gasteiger partial charge in [-0.2, -0.15) is 13.2 Å². The zero-order chi connectivity index (χ0) is 25.6. The summed E-state index contributed by atoms with van der Waals surface area (Å²) in [5.74, 6) is -0.345. The van der Waals surface area contributed by atoms with Gasteiger partial charge in [-0.1, -0.05) is 36.4 Å². The second-order valence-electron chi connectivity index (χ2n) is 8.45. The van der Waals surface area contributed by atoms with E-state index in [4.69, 9.17) is 0 Å². The first kappa shape index (κ1) is 25.8. The van der Waals surface area contributed by atoms with Gasteiger partial charge in [0.05, 0.1) is 5.56 Å². The first-order valence-electron chi connectivity index (χ1n) is 11.2. The van der Waals surface area contributed by atoms with Gasteiger partial charge in [0.15, 0.2) is 0 Å². The first-order valence-corrected chi connectivity index (χ1v) is 11.2. The van der Waals surface area contributed by atoms with Crippen LogP contribution in [-0.4, -0.2) is 37.5 Å². The van der Waals surface area contributed by atoms with E-state index < -0.39 is 11.7 Å². The summed E-state index contributed by atoms with van der Waals surface area (Å²) >= 11 is 0. The lowest BCUT2D eigenvalue weighted by atomic mass is 9.94. The van der Waals surface area contributed by atoms with E-state index in [2.05, 4.69) is 10.6 Å². The van der Waals surface area contributed by atoms with E-state index in [0.29, 0.717) is 28.9 Å².